The number of aromatic nitrogens is 1. The third kappa shape index (κ3) is 6.37. The number of carbonyl (C=O) groups is 2. The van der Waals surface area contributed by atoms with Gasteiger partial charge in [0.25, 0.3) is 0 Å². The molecule has 3 aromatic rings. The Kier molecular flexibility index (Phi) is 8.29. The van der Waals surface area contributed by atoms with Crippen LogP contribution in [0.5, 0.6) is 5.75 Å². The van der Waals surface area contributed by atoms with Crippen molar-refractivity contribution in [2.75, 3.05) is 6.61 Å². The maximum absolute atomic E-state index is 12.7. The maximum atomic E-state index is 12.7. The van der Waals surface area contributed by atoms with Gasteiger partial charge in [-0.1, -0.05) is 41.7 Å². The van der Waals surface area contributed by atoms with Crippen LogP contribution in [-0.2, 0) is 11.3 Å². The van der Waals surface area contributed by atoms with Gasteiger partial charge in [-0.05, 0) is 43.3 Å². The molecular formula is C23H18NNaO4. The molecule has 0 atom stereocenters. The summed E-state index contributed by atoms with van der Waals surface area (Å²) in [6.07, 6.45) is 1.83. The quantitative estimate of drug-likeness (QED) is 0.312. The molecule has 0 N–H and O–H groups in total. The first-order chi connectivity index (χ1) is 13.5. The van der Waals surface area contributed by atoms with E-state index in [0.29, 0.717) is 23.6 Å². The molecule has 0 saturated heterocycles. The van der Waals surface area contributed by atoms with Gasteiger partial charge in [0.1, 0.15) is 12.4 Å². The van der Waals surface area contributed by atoms with E-state index in [2.05, 4.69) is 11.8 Å². The number of aliphatic carboxylic acids is 1. The van der Waals surface area contributed by atoms with E-state index in [1.54, 1.807) is 30.3 Å². The van der Waals surface area contributed by atoms with Crippen molar-refractivity contribution in [2.45, 2.75) is 13.5 Å². The van der Waals surface area contributed by atoms with Crippen LogP contribution in [0.1, 0.15) is 27.2 Å². The number of rotatable bonds is 6. The Morgan fingerprint density at radius 2 is 1.72 bits per heavy atom. The molecule has 29 heavy (non-hydrogen) atoms. The van der Waals surface area contributed by atoms with E-state index in [1.807, 2.05) is 48.0 Å². The van der Waals surface area contributed by atoms with Crippen LogP contribution in [0.2, 0.25) is 0 Å². The van der Waals surface area contributed by atoms with Gasteiger partial charge in [-0.25, -0.2) is 0 Å². The number of hydrogen-bond donors (Lipinski definition) is 0. The molecule has 140 valence electrons. The number of carbonyl (C=O) groups excluding carboxylic acids is 2. The molecule has 0 unspecified atom stereocenters. The van der Waals surface area contributed by atoms with E-state index in [1.165, 1.54) is 0 Å². The summed E-state index contributed by atoms with van der Waals surface area (Å²) in [7, 11) is 0. The molecule has 0 bridgehead atoms. The molecular weight excluding hydrogens is 377 g/mol. The fourth-order valence-corrected chi connectivity index (χ4v) is 2.61. The zero-order chi connectivity index (χ0) is 19.9. The number of carboxylic acids is 1. The predicted molar refractivity (Wildman–Crippen MR) is 103 cm³/mol. The summed E-state index contributed by atoms with van der Waals surface area (Å²) in [4.78, 5) is 23.1. The molecule has 5 nitrogen and oxygen atoms in total. The van der Waals surface area contributed by atoms with Gasteiger partial charge in [-0.3, -0.25) is 4.79 Å². The molecule has 0 aliphatic carbocycles. The average Bonchev–Trinajstić information content (AvgIpc) is 3.16. The van der Waals surface area contributed by atoms with Gasteiger partial charge in [0.15, 0.2) is 0 Å². The van der Waals surface area contributed by atoms with Crippen LogP contribution in [-0.4, -0.2) is 22.9 Å². The van der Waals surface area contributed by atoms with Crippen molar-refractivity contribution in [1.29, 1.82) is 0 Å². The van der Waals surface area contributed by atoms with E-state index in [0.717, 1.165) is 11.1 Å². The van der Waals surface area contributed by atoms with Crippen LogP contribution in [0, 0.1) is 18.8 Å². The number of nitrogens with zero attached hydrogens (tertiary/aromatic N) is 1. The molecule has 6 heteroatoms. The first-order valence-corrected chi connectivity index (χ1v) is 8.71. The molecule has 0 aliphatic rings. The van der Waals surface area contributed by atoms with Crippen LogP contribution in [0.15, 0.2) is 66.9 Å². The molecule has 1 heterocycles. The van der Waals surface area contributed by atoms with Crippen LogP contribution < -0.4 is 39.4 Å². The number of carboxylic acid groups (broad SMARTS) is 1. The normalized spacial score (nSPS) is 9.69. The van der Waals surface area contributed by atoms with E-state index in [4.69, 9.17) is 4.74 Å². The molecule has 0 aliphatic heterocycles. The van der Waals surface area contributed by atoms with Crippen LogP contribution >= 0.6 is 0 Å². The van der Waals surface area contributed by atoms with Crippen molar-refractivity contribution in [1.82, 2.24) is 4.57 Å². The summed E-state index contributed by atoms with van der Waals surface area (Å²) < 4.78 is 6.84. The summed E-state index contributed by atoms with van der Waals surface area (Å²) in [5.74, 6) is 5.19. The van der Waals surface area contributed by atoms with Crippen molar-refractivity contribution in [2.24, 2.45) is 0 Å². The second kappa shape index (κ2) is 10.7. The van der Waals surface area contributed by atoms with Crippen LogP contribution in [0.4, 0.5) is 0 Å². The van der Waals surface area contributed by atoms with Crippen molar-refractivity contribution < 1.29 is 49.0 Å². The zero-order valence-electron chi connectivity index (χ0n) is 16.3. The molecule has 0 spiro atoms. The van der Waals surface area contributed by atoms with E-state index >= 15 is 0 Å². The minimum atomic E-state index is -1.27. The third-order valence-corrected chi connectivity index (χ3v) is 4.07. The van der Waals surface area contributed by atoms with Gasteiger partial charge in [0.05, 0.1) is 18.2 Å². The summed E-state index contributed by atoms with van der Waals surface area (Å²) >= 11 is 0. The molecule has 1 aromatic heterocycles. The molecule has 0 fully saturated rings. The Morgan fingerprint density at radius 3 is 2.38 bits per heavy atom. The van der Waals surface area contributed by atoms with Gasteiger partial charge in [-0.2, -0.15) is 0 Å². The SMILES string of the molecule is Cc1ccc(C(=O)c2cccn2CC#Cc2ccc(OCC(=O)[O-])cc2)cc1.[Na+]. The first kappa shape index (κ1) is 22.5. The van der Waals surface area contributed by atoms with Crippen LogP contribution in [0.3, 0.4) is 0 Å². The fraction of sp³-hybridized carbons (Fsp3) is 0.130. The van der Waals surface area contributed by atoms with Gasteiger partial charge < -0.3 is 19.2 Å². The Labute approximate surface area is 191 Å². The minimum absolute atomic E-state index is 0. The Morgan fingerprint density at radius 1 is 1.03 bits per heavy atom. The van der Waals surface area contributed by atoms with E-state index in [-0.39, 0.29) is 35.3 Å². The summed E-state index contributed by atoms with van der Waals surface area (Å²) in [6.45, 7) is 1.87. The topological polar surface area (TPSA) is 71.4 Å². The van der Waals surface area contributed by atoms with Crippen molar-refractivity contribution in [3.8, 4) is 17.6 Å². The van der Waals surface area contributed by atoms with Crippen molar-refractivity contribution in [3.63, 3.8) is 0 Å². The Bertz CT molecular complexity index is 1040. The smallest absolute Gasteiger partial charge is 0.546 e. The Hall–Kier alpha value is -2.78. The largest absolute Gasteiger partial charge is 1.00 e. The Balaban J connectivity index is 0.00000300. The number of aryl methyl sites for hydroxylation is 1. The van der Waals surface area contributed by atoms with Crippen molar-refractivity contribution in [3.05, 3.63) is 89.2 Å². The summed E-state index contributed by atoms with van der Waals surface area (Å²) in [5.41, 5.74) is 3.10. The van der Waals surface area contributed by atoms with Crippen LogP contribution in [0.25, 0.3) is 0 Å². The minimum Gasteiger partial charge on any atom is -0.546 e. The first-order valence-electron chi connectivity index (χ1n) is 8.71. The van der Waals surface area contributed by atoms with Gasteiger partial charge in [-0.15, -0.1) is 0 Å². The van der Waals surface area contributed by atoms with Gasteiger partial charge >= 0.3 is 29.6 Å². The second-order valence-electron chi connectivity index (χ2n) is 6.20. The number of benzene rings is 2. The second-order valence-corrected chi connectivity index (χ2v) is 6.20. The fourth-order valence-electron chi connectivity index (χ4n) is 2.61. The van der Waals surface area contributed by atoms with Gasteiger partial charge in [0.2, 0.25) is 5.78 Å². The standard InChI is InChI=1S/C23H19NO4.Na/c1-17-6-10-19(11-7-17)23(27)21-5-3-15-24(21)14-2-4-18-8-12-20(13-9-18)28-16-22(25)26;/h3,5-13,15H,14,16H2,1H3,(H,25,26);/q;+1/p-1. The molecule has 2 aromatic carbocycles. The third-order valence-electron chi connectivity index (χ3n) is 4.07. The molecule has 0 radical (unpaired) electrons. The molecule has 0 saturated carbocycles. The maximum Gasteiger partial charge on any atom is 1.00 e. The number of ketones is 1. The van der Waals surface area contributed by atoms with E-state index < -0.39 is 12.6 Å². The summed E-state index contributed by atoms with van der Waals surface area (Å²) in [5, 5.41) is 10.4. The summed E-state index contributed by atoms with van der Waals surface area (Å²) in [6, 6.07) is 17.9. The number of hydrogen-bond acceptors (Lipinski definition) is 4. The van der Waals surface area contributed by atoms with E-state index in [9.17, 15) is 14.7 Å². The van der Waals surface area contributed by atoms with Crippen molar-refractivity contribution >= 4 is 11.8 Å². The molecule has 0 amide bonds. The number of ether oxygens (including phenoxy) is 1. The monoisotopic (exact) mass is 395 g/mol. The van der Waals surface area contributed by atoms with Gasteiger partial charge in [0, 0.05) is 17.3 Å². The average molecular weight is 395 g/mol. The predicted octanol–water partition coefficient (Wildman–Crippen LogP) is -0.788. The zero-order valence-corrected chi connectivity index (χ0v) is 18.3. The molecule has 3 rings (SSSR count).